The third-order valence-electron chi connectivity index (χ3n) is 7.24. The number of aliphatic imine (C=N–C) groups is 1. The minimum Gasteiger partial charge on any atom is -0.387 e. The Balaban J connectivity index is 1.77. The summed E-state index contributed by atoms with van der Waals surface area (Å²) in [4.78, 5) is 20.2. The lowest BCUT2D eigenvalue weighted by molar-refractivity contribution is -0.149. The Kier molecular flexibility index (Phi) is 8.69. The predicted octanol–water partition coefficient (Wildman–Crippen LogP) is 2.02. The molecular weight excluding hydrogens is 380 g/mol. The number of rotatable bonds is 7. The summed E-state index contributed by atoms with van der Waals surface area (Å²) >= 11 is 0. The van der Waals surface area contributed by atoms with Crippen LogP contribution in [0.2, 0.25) is 0 Å². The van der Waals surface area contributed by atoms with Crippen molar-refractivity contribution >= 4 is 11.6 Å². The van der Waals surface area contributed by atoms with Crippen LogP contribution in [0.25, 0.3) is 0 Å². The molecule has 0 spiro atoms. The molecule has 2 aliphatic heterocycles. The van der Waals surface area contributed by atoms with E-state index in [1.807, 2.05) is 4.90 Å². The third-order valence-corrected chi connectivity index (χ3v) is 7.24. The summed E-state index contributed by atoms with van der Waals surface area (Å²) in [7, 11) is 0. The average molecular weight is 423 g/mol. The Morgan fingerprint density at radius 3 is 2.63 bits per heavy atom. The molecule has 3 rings (SSSR count). The van der Waals surface area contributed by atoms with Crippen LogP contribution in [0.4, 0.5) is 0 Å². The standard InChI is InChI=1S/C23H42N4O3/c1-4-5-13-27-19(22(29)25-16(3)17-9-7-6-8-10-17)20(28)23(30)26-21(27)18-12-11-15(2)14-24-18/h15-17,19-21,23,26,28,30H,4-14H2,1-3H3,(H,25,29)/t15?,16-,19?,20?,21?,23?/m1/s1. The van der Waals surface area contributed by atoms with E-state index in [-0.39, 0.29) is 18.1 Å². The SMILES string of the molecule is CCCCN1C(C2=NCC(C)CC2)NC(O)C(O)C1C(=O)N[C@H](C)C1CCCCC1. The predicted molar refractivity (Wildman–Crippen MR) is 119 cm³/mol. The Labute approximate surface area is 181 Å². The smallest absolute Gasteiger partial charge is 0.240 e. The monoisotopic (exact) mass is 422 g/mol. The van der Waals surface area contributed by atoms with Crippen LogP contribution in [-0.4, -0.2) is 70.4 Å². The molecule has 1 aliphatic carbocycles. The van der Waals surface area contributed by atoms with Crippen LogP contribution in [0.5, 0.6) is 0 Å². The normalized spacial score (nSPS) is 35.0. The average Bonchev–Trinajstić information content (AvgIpc) is 2.75. The highest BCUT2D eigenvalue weighted by Crippen LogP contribution is 2.28. The summed E-state index contributed by atoms with van der Waals surface area (Å²) in [6.07, 6.45) is 7.26. The molecule has 30 heavy (non-hydrogen) atoms. The van der Waals surface area contributed by atoms with E-state index >= 15 is 0 Å². The van der Waals surface area contributed by atoms with Gasteiger partial charge in [0.1, 0.15) is 24.5 Å². The summed E-state index contributed by atoms with van der Waals surface area (Å²) in [6.45, 7) is 7.87. The summed E-state index contributed by atoms with van der Waals surface area (Å²) < 4.78 is 0. The topological polar surface area (TPSA) is 97.2 Å². The van der Waals surface area contributed by atoms with Crippen molar-refractivity contribution in [2.75, 3.05) is 13.1 Å². The molecule has 4 N–H and O–H groups in total. The van der Waals surface area contributed by atoms with E-state index in [1.165, 1.54) is 19.3 Å². The molecule has 6 atom stereocenters. The summed E-state index contributed by atoms with van der Waals surface area (Å²) in [5.74, 6) is 0.884. The number of nitrogens with one attached hydrogen (secondary N) is 2. The molecule has 1 saturated carbocycles. The van der Waals surface area contributed by atoms with E-state index in [9.17, 15) is 15.0 Å². The van der Waals surface area contributed by atoms with Gasteiger partial charge in [0.2, 0.25) is 5.91 Å². The van der Waals surface area contributed by atoms with E-state index in [0.29, 0.717) is 18.4 Å². The molecule has 0 aromatic rings. The lowest BCUT2D eigenvalue weighted by atomic mass is 9.84. The van der Waals surface area contributed by atoms with E-state index in [4.69, 9.17) is 4.99 Å². The van der Waals surface area contributed by atoms with Crippen LogP contribution in [0.1, 0.15) is 78.6 Å². The zero-order chi connectivity index (χ0) is 21.7. The highest BCUT2D eigenvalue weighted by molar-refractivity contribution is 5.91. The first kappa shape index (κ1) is 23.6. The Bertz CT molecular complexity index is 593. The van der Waals surface area contributed by atoms with Gasteiger partial charge in [-0.15, -0.1) is 0 Å². The van der Waals surface area contributed by atoms with Crippen LogP contribution in [-0.2, 0) is 4.79 Å². The minimum atomic E-state index is -1.17. The Morgan fingerprint density at radius 2 is 2.00 bits per heavy atom. The molecule has 5 unspecified atom stereocenters. The number of hydrogen-bond acceptors (Lipinski definition) is 6. The zero-order valence-corrected chi connectivity index (χ0v) is 19.0. The fourth-order valence-electron chi connectivity index (χ4n) is 5.21. The number of amides is 1. The molecule has 0 aromatic carbocycles. The van der Waals surface area contributed by atoms with Crippen LogP contribution < -0.4 is 10.6 Å². The lowest BCUT2D eigenvalue weighted by Crippen LogP contribution is -2.73. The maximum atomic E-state index is 13.4. The Morgan fingerprint density at radius 1 is 1.27 bits per heavy atom. The van der Waals surface area contributed by atoms with Gasteiger partial charge in [-0.05, 0) is 50.9 Å². The van der Waals surface area contributed by atoms with Crippen molar-refractivity contribution in [3.05, 3.63) is 0 Å². The van der Waals surface area contributed by atoms with Gasteiger partial charge in [0, 0.05) is 24.8 Å². The molecule has 7 heteroatoms. The number of carbonyl (C=O) groups excluding carboxylic acids is 1. The van der Waals surface area contributed by atoms with Gasteiger partial charge in [0.05, 0.1) is 0 Å². The molecule has 0 aromatic heterocycles. The second-order valence-electron chi connectivity index (χ2n) is 9.71. The van der Waals surface area contributed by atoms with Crippen molar-refractivity contribution in [3.8, 4) is 0 Å². The van der Waals surface area contributed by atoms with Crippen molar-refractivity contribution in [2.45, 2.75) is 109 Å². The zero-order valence-electron chi connectivity index (χ0n) is 19.0. The highest BCUT2D eigenvalue weighted by Gasteiger charge is 2.47. The van der Waals surface area contributed by atoms with Crippen molar-refractivity contribution in [3.63, 3.8) is 0 Å². The Hall–Kier alpha value is -1.02. The lowest BCUT2D eigenvalue weighted by Gasteiger charge is -2.47. The largest absolute Gasteiger partial charge is 0.387 e. The fourth-order valence-corrected chi connectivity index (χ4v) is 5.21. The number of aliphatic hydroxyl groups is 2. The van der Waals surface area contributed by atoms with Crippen LogP contribution in [0, 0.1) is 11.8 Å². The number of aliphatic hydroxyl groups excluding tert-OH is 2. The fraction of sp³-hybridized carbons (Fsp3) is 0.913. The van der Waals surface area contributed by atoms with Crippen LogP contribution >= 0.6 is 0 Å². The number of unbranched alkanes of at least 4 members (excludes halogenated alkanes) is 1. The van der Waals surface area contributed by atoms with Crippen molar-refractivity contribution in [1.29, 1.82) is 0 Å². The van der Waals surface area contributed by atoms with Gasteiger partial charge >= 0.3 is 0 Å². The minimum absolute atomic E-state index is 0.0800. The van der Waals surface area contributed by atoms with Gasteiger partial charge in [0.15, 0.2) is 0 Å². The molecule has 3 aliphatic rings. The van der Waals surface area contributed by atoms with E-state index in [0.717, 1.165) is 50.8 Å². The van der Waals surface area contributed by atoms with Crippen LogP contribution in [0.15, 0.2) is 4.99 Å². The van der Waals surface area contributed by atoms with Gasteiger partial charge in [-0.3, -0.25) is 20.0 Å². The number of carbonyl (C=O) groups is 1. The number of hydrogen-bond donors (Lipinski definition) is 4. The molecular formula is C23H42N4O3. The van der Waals surface area contributed by atoms with Gasteiger partial charge in [-0.2, -0.15) is 0 Å². The molecule has 172 valence electrons. The van der Waals surface area contributed by atoms with E-state index in [2.05, 4.69) is 31.4 Å². The molecule has 1 amide bonds. The first-order chi connectivity index (χ1) is 14.4. The van der Waals surface area contributed by atoms with Crippen molar-refractivity contribution in [1.82, 2.24) is 15.5 Å². The van der Waals surface area contributed by atoms with Crippen molar-refractivity contribution in [2.24, 2.45) is 16.8 Å². The van der Waals surface area contributed by atoms with Crippen LogP contribution in [0.3, 0.4) is 0 Å². The molecule has 2 fully saturated rings. The van der Waals surface area contributed by atoms with Gasteiger partial charge in [-0.1, -0.05) is 39.5 Å². The summed E-state index contributed by atoms with van der Waals surface area (Å²) in [6, 6.07) is -0.692. The van der Waals surface area contributed by atoms with E-state index in [1.54, 1.807) is 0 Å². The van der Waals surface area contributed by atoms with Gasteiger partial charge < -0.3 is 15.5 Å². The molecule has 7 nitrogen and oxygen atoms in total. The summed E-state index contributed by atoms with van der Waals surface area (Å²) in [5, 5.41) is 27.7. The first-order valence-electron chi connectivity index (χ1n) is 12.1. The van der Waals surface area contributed by atoms with Crippen molar-refractivity contribution < 1.29 is 15.0 Å². The molecule has 0 radical (unpaired) electrons. The second kappa shape index (κ2) is 11.0. The second-order valence-corrected chi connectivity index (χ2v) is 9.71. The highest BCUT2D eigenvalue weighted by atomic mass is 16.3. The van der Waals surface area contributed by atoms with Gasteiger partial charge in [0.25, 0.3) is 0 Å². The molecule has 0 bridgehead atoms. The molecule has 2 heterocycles. The third kappa shape index (κ3) is 5.61. The quantitative estimate of drug-likeness (QED) is 0.503. The summed E-state index contributed by atoms with van der Waals surface area (Å²) in [5.41, 5.74) is 0.994. The number of nitrogens with zero attached hydrogens (tertiary/aromatic N) is 2. The maximum absolute atomic E-state index is 13.4. The maximum Gasteiger partial charge on any atom is 0.240 e. The first-order valence-corrected chi connectivity index (χ1v) is 12.1. The van der Waals surface area contributed by atoms with Gasteiger partial charge in [-0.25, -0.2) is 0 Å². The molecule has 1 saturated heterocycles. The van der Waals surface area contributed by atoms with E-state index < -0.39 is 18.4 Å².